The van der Waals surface area contributed by atoms with Crippen molar-refractivity contribution in [2.75, 3.05) is 0 Å². The van der Waals surface area contributed by atoms with E-state index in [9.17, 15) is 0 Å². The first-order valence-corrected chi connectivity index (χ1v) is 5.07. The molecule has 0 aliphatic heterocycles. The lowest BCUT2D eigenvalue weighted by Crippen LogP contribution is -1.95. The monoisotopic (exact) mass is 259 g/mol. The molecule has 2 aromatic heterocycles. The van der Waals surface area contributed by atoms with E-state index in [-0.39, 0.29) is 0 Å². The molecular weight excluding hydrogens is 253 g/mol. The van der Waals surface area contributed by atoms with E-state index in [1.807, 2.05) is 11.6 Å². The number of aryl methyl sites for hydroxylation is 1. The van der Waals surface area contributed by atoms with Gasteiger partial charge in [-0.15, -0.1) is 0 Å². The highest BCUT2D eigenvalue weighted by atomic mass is 79.9. The summed E-state index contributed by atoms with van der Waals surface area (Å²) in [5.41, 5.74) is 1.70. The van der Waals surface area contributed by atoms with Gasteiger partial charge in [-0.3, -0.25) is 9.67 Å². The number of aromatic nitrogens is 3. The molecule has 5 heteroatoms. The van der Waals surface area contributed by atoms with Crippen molar-refractivity contribution < 1.29 is 0 Å². The van der Waals surface area contributed by atoms with Gasteiger partial charge >= 0.3 is 0 Å². The predicted molar refractivity (Wildman–Crippen MR) is 55.9 cm³/mol. The largest absolute Gasteiger partial charge is 0.261 e. The molecule has 2 heterocycles. The molecule has 3 nitrogen and oxygen atoms in total. The van der Waals surface area contributed by atoms with Crippen LogP contribution in [0.3, 0.4) is 0 Å². The molecule has 0 aliphatic rings. The minimum atomic E-state index is 0.685. The number of pyridine rings is 1. The van der Waals surface area contributed by atoms with Gasteiger partial charge in [0.15, 0.2) is 4.60 Å². The second kappa shape index (κ2) is 3.27. The molecule has 0 spiro atoms. The highest BCUT2D eigenvalue weighted by Gasteiger charge is 2.10. The second-order valence-corrected chi connectivity index (χ2v) is 3.75. The first-order valence-electron chi connectivity index (χ1n) is 3.90. The van der Waals surface area contributed by atoms with Crippen LogP contribution in [0, 0.1) is 0 Å². The molecule has 0 N–H and O–H groups in total. The summed E-state index contributed by atoms with van der Waals surface area (Å²) in [6.45, 7) is 2.80. The van der Waals surface area contributed by atoms with E-state index in [1.165, 1.54) is 0 Å². The van der Waals surface area contributed by atoms with E-state index in [0.29, 0.717) is 5.02 Å². The van der Waals surface area contributed by atoms with Gasteiger partial charge < -0.3 is 0 Å². The van der Waals surface area contributed by atoms with Crippen LogP contribution in [-0.2, 0) is 6.54 Å². The van der Waals surface area contributed by atoms with Gasteiger partial charge in [-0.1, -0.05) is 11.6 Å². The molecule has 0 atom stereocenters. The summed E-state index contributed by atoms with van der Waals surface area (Å²) in [6, 6.07) is 1.77. The molecule has 0 aromatic carbocycles. The third-order valence-electron chi connectivity index (χ3n) is 1.84. The zero-order valence-corrected chi connectivity index (χ0v) is 9.30. The summed E-state index contributed by atoms with van der Waals surface area (Å²) in [4.78, 5) is 4.20. The van der Waals surface area contributed by atoms with E-state index in [4.69, 9.17) is 11.6 Å². The lowest BCUT2D eigenvalue weighted by molar-refractivity contribution is 0.678. The molecule has 2 aromatic rings. The fourth-order valence-electron chi connectivity index (χ4n) is 1.26. The number of fused-ring (bicyclic) bond motifs is 1. The van der Waals surface area contributed by atoms with Crippen molar-refractivity contribution in [2.24, 2.45) is 0 Å². The van der Waals surface area contributed by atoms with Crippen LogP contribution in [0.4, 0.5) is 0 Å². The lowest BCUT2D eigenvalue weighted by atomic mass is 10.4. The van der Waals surface area contributed by atoms with Gasteiger partial charge in [0.05, 0.1) is 5.02 Å². The Morgan fingerprint density at radius 2 is 2.38 bits per heavy atom. The van der Waals surface area contributed by atoms with Gasteiger partial charge in [0, 0.05) is 12.7 Å². The van der Waals surface area contributed by atoms with Crippen molar-refractivity contribution in [1.29, 1.82) is 0 Å². The molecule has 0 unspecified atom stereocenters. The topological polar surface area (TPSA) is 30.7 Å². The Balaban J connectivity index is 2.89. The van der Waals surface area contributed by atoms with E-state index in [1.54, 1.807) is 12.3 Å². The third kappa shape index (κ3) is 1.34. The predicted octanol–water partition coefficient (Wildman–Crippen LogP) is 2.87. The Kier molecular flexibility index (Phi) is 2.26. The summed E-state index contributed by atoms with van der Waals surface area (Å²) in [6.07, 6.45) is 1.68. The molecule has 0 saturated carbocycles. The Labute approximate surface area is 88.8 Å². The van der Waals surface area contributed by atoms with Gasteiger partial charge in [0.25, 0.3) is 0 Å². The van der Waals surface area contributed by atoms with E-state index in [0.717, 1.165) is 22.2 Å². The van der Waals surface area contributed by atoms with E-state index < -0.39 is 0 Å². The minimum Gasteiger partial charge on any atom is -0.261 e. The quantitative estimate of drug-likeness (QED) is 0.789. The van der Waals surface area contributed by atoms with Crippen LogP contribution < -0.4 is 0 Å². The van der Waals surface area contributed by atoms with Gasteiger partial charge in [0.2, 0.25) is 0 Å². The molecule has 0 aliphatic carbocycles. The minimum absolute atomic E-state index is 0.685. The van der Waals surface area contributed by atoms with Crippen molar-refractivity contribution in [3.63, 3.8) is 0 Å². The van der Waals surface area contributed by atoms with Crippen LogP contribution >= 0.6 is 27.5 Å². The van der Waals surface area contributed by atoms with Gasteiger partial charge in [-0.05, 0) is 28.9 Å². The standard InChI is InChI=1S/C8H7BrClN3/c1-2-13-7-5(10)3-4-11-6(7)8(9)12-13/h3-4H,2H2,1H3. The lowest BCUT2D eigenvalue weighted by Gasteiger charge is -1.98. The Morgan fingerprint density at radius 1 is 1.62 bits per heavy atom. The normalized spacial score (nSPS) is 11.0. The molecule has 0 fully saturated rings. The van der Waals surface area contributed by atoms with Crippen molar-refractivity contribution in [3.8, 4) is 0 Å². The number of hydrogen-bond acceptors (Lipinski definition) is 2. The number of rotatable bonds is 1. The smallest absolute Gasteiger partial charge is 0.154 e. The van der Waals surface area contributed by atoms with Crippen molar-refractivity contribution in [3.05, 3.63) is 21.9 Å². The average molecular weight is 261 g/mol. The van der Waals surface area contributed by atoms with E-state index >= 15 is 0 Å². The summed E-state index contributed by atoms with van der Waals surface area (Å²) in [7, 11) is 0. The molecule has 0 bridgehead atoms. The zero-order chi connectivity index (χ0) is 9.42. The molecular formula is C8H7BrClN3. The molecule has 0 radical (unpaired) electrons. The maximum absolute atomic E-state index is 6.03. The van der Waals surface area contributed by atoms with Crippen LogP contribution in [0.2, 0.25) is 5.02 Å². The fourth-order valence-corrected chi connectivity index (χ4v) is 1.98. The van der Waals surface area contributed by atoms with Gasteiger partial charge in [-0.25, -0.2) is 0 Å². The Morgan fingerprint density at radius 3 is 3.08 bits per heavy atom. The SMILES string of the molecule is CCn1nc(Br)c2nccc(Cl)c21. The Hall–Kier alpha value is -0.610. The average Bonchev–Trinajstić information content (AvgIpc) is 2.45. The summed E-state index contributed by atoms with van der Waals surface area (Å²) in [5.74, 6) is 0. The maximum atomic E-state index is 6.03. The van der Waals surface area contributed by atoms with Crippen LogP contribution in [-0.4, -0.2) is 14.8 Å². The second-order valence-electron chi connectivity index (χ2n) is 2.60. The third-order valence-corrected chi connectivity index (χ3v) is 2.68. The molecule has 13 heavy (non-hydrogen) atoms. The highest BCUT2D eigenvalue weighted by molar-refractivity contribution is 9.10. The zero-order valence-electron chi connectivity index (χ0n) is 6.96. The van der Waals surface area contributed by atoms with Crippen LogP contribution in [0.5, 0.6) is 0 Å². The number of nitrogens with zero attached hydrogens (tertiary/aromatic N) is 3. The van der Waals surface area contributed by atoms with Crippen LogP contribution in [0.1, 0.15) is 6.92 Å². The first kappa shape index (κ1) is 8.97. The summed E-state index contributed by atoms with van der Waals surface area (Å²) >= 11 is 9.37. The highest BCUT2D eigenvalue weighted by Crippen LogP contribution is 2.26. The number of hydrogen-bond donors (Lipinski definition) is 0. The van der Waals surface area contributed by atoms with Crippen LogP contribution in [0.15, 0.2) is 16.9 Å². The van der Waals surface area contributed by atoms with Gasteiger partial charge in [-0.2, -0.15) is 5.10 Å². The molecule has 0 amide bonds. The maximum Gasteiger partial charge on any atom is 0.154 e. The van der Waals surface area contributed by atoms with Crippen molar-refractivity contribution >= 4 is 38.6 Å². The number of halogens is 2. The van der Waals surface area contributed by atoms with Gasteiger partial charge in [0.1, 0.15) is 11.0 Å². The Bertz CT molecular complexity index is 452. The fraction of sp³-hybridized carbons (Fsp3) is 0.250. The molecule has 2 rings (SSSR count). The van der Waals surface area contributed by atoms with E-state index in [2.05, 4.69) is 26.0 Å². The molecule has 0 saturated heterocycles. The summed E-state index contributed by atoms with van der Waals surface area (Å²) in [5, 5.41) is 4.94. The molecule has 68 valence electrons. The van der Waals surface area contributed by atoms with Crippen molar-refractivity contribution in [1.82, 2.24) is 14.8 Å². The van der Waals surface area contributed by atoms with Crippen LogP contribution in [0.25, 0.3) is 11.0 Å². The van der Waals surface area contributed by atoms with Crippen molar-refractivity contribution in [2.45, 2.75) is 13.5 Å². The first-order chi connectivity index (χ1) is 6.24. The summed E-state index contributed by atoms with van der Waals surface area (Å²) < 4.78 is 2.57.